The van der Waals surface area contributed by atoms with Crippen LogP contribution in [0.3, 0.4) is 0 Å². The molecule has 0 saturated carbocycles. The predicted molar refractivity (Wildman–Crippen MR) is 95.0 cm³/mol. The second-order valence-electron chi connectivity index (χ2n) is 5.65. The molecule has 1 atom stereocenters. The lowest BCUT2D eigenvalue weighted by Crippen LogP contribution is -2.44. The Balaban J connectivity index is 1.99. The van der Waals surface area contributed by atoms with E-state index in [1.807, 2.05) is 13.1 Å². The van der Waals surface area contributed by atoms with Crippen LogP contribution in [0.5, 0.6) is 11.5 Å². The van der Waals surface area contributed by atoms with Crippen LogP contribution >= 0.6 is 0 Å². The van der Waals surface area contributed by atoms with Gasteiger partial charge in [-0.1, -0.05) is 6.92 Å². The quantitative estimate of drug-likeness (QED) is 0.619. The van der Waals surface area contributed by atoms with E-state index < -0.39 is 0 Å². The van der Waals surface area contributed by atoms with Crippen LogP contribution < -0.4 is 25.0 Å². The Morgan fingerprint density at radius 1 is 1.26 bits per heavy atom. The number of benzene rings is 1. The molecule has 1 unspecified atom stereocenters. The summed E-state index contributed by atoms with van der Waals surface area (Å²) in [5.41, 5.74) is 1.13. The summed E-state index contributed by atoms with van der Waals surface area (Å²) in [6.45, 7) is 5.01. The molecule has 0 amide bonds. The van der Waals surface area contributed by atoms with Crippen LogP contribution in [0.15, 0.2) is 23.2 Å². The van der Waals surface area contributed by atoms with Crippen molar-refractivity contribution >= 4 is 11.6 Å². The Morgan fingerprint density at radius 2 is 1.96 bits per heavy atom. The number of hydrogen-bond acceptors (Lipinski definition) is 4. The average Bonchev–Trinajstić information content (AvgIpc) is 3.06. The molecule has 23 heavy (non-hydrogen) atoms. The molecule has 0 aromatic heterocycles. The van der Waals surface area contributed by atoms with Crippen molar-refractivity contribution in [2.45, 2.75) is 25.8 Å². The largest absolute Gasteiger partial charge is 0.497 e. The van der Waals surface area contributed by atoms with Gasteiger partial charge in [0.1, 0.15) is 11.5 Å². The summed E-state index contributed by atoms with van der Waals surface area (Å²) in [7, 11) is 5.16. The van der Waals surface area contributed by atoms with Crippen molar-refractivity contribution in [1.29, 1.82) is 0 Å². The van der Waals surface area contributed by atoms with E-state index in [4.69, 9.17) is 9.47 Å². The smallest absolute Gasteiger partial charge is 0.191 e. The first kappa shape index (κ1) is 17.2. The fourth-order valence-electron chi connectivity index (χ4n) is 2.72. The molecule has 128 valence electrons. The standard InChI is InChI=1S/C17H28N4O2/c1-5-7-19-17(18-2)20-13-6-8-21(12-13)14-9-15(22-3)11-16(10-14)23-4/h9-11,13H,5-8,12H2,1-4H3,(H2,18,19,20). The van der Waals surface area contributed by atoms with Gasteiger partial charge in [-0.2, -0.15) is 0 Å². The fourth-order valence-corrected chi connectivity index (χ4v) is 2.72. The van der Waals surface area contributed by atoms with Gasteiger partial charge < -0.3 is 25.0 Å². The van der Waals surface area contributed by atoms with Gasteiger partial charge in [-0.15, -0.1) is 0 Å². The lowest BCUT2D eigenvalue weighted by Gasteiger charge is -2.21. The molecule has 6 nitrogen and oxygen atoms in total. The molecule has 1 aromatic rings. The fraction of sp³-hybridized carbons (Fsp3) is 0.588. The second kappa shape index (κ2) is 8.50. The molecule has 1 aliphatic heterocycles. The van der Waals surface area contributed by atoms with Crippen LogP contribution in [0.2, 0.25) is 0 Å². The molecule has 1 aliphatic rings. The average molecular weight is 320 g/mol. The van der Waals surface area contributed by atoms with Crippen LogP contribution in [0.4, 0.5) is 5.69 Å². The highest BCUT2D eigenvalue weighted by atomic mass is 16.5. The van der Waals surface area contributed by atoms with Crippen molar-refractivity contribution in [3.8, 4) is 11.5 Å². The highest BCUT2D eigenvalue weighted by Crippen LogP contribution is 2.30. The molecular weight excluding hydrogens is 292 g/mol. The van der Waals surface area contributed by atoms with Gasteiger partial charge in [0, 0.05) is 56.6 Å². The zero-order chi connectivity index (χ0) is 16.7. The number of hydrogen-bond donors (Lipinski definition) is 2. The van der Waals surface area contributed by atoms with E-state index in [2.05, 4.69) is 39.6 Å². The maximum absolute atomic E-state index is 5.36. The van der Waals surface area contributed by atoms with Crippen LogP contribution in [0.1, 0.15) is 19.8 Å². The van der Waals surface area contributed by atoms with Gasteiger partial charge in [0.25, 0.3) is 0 Å². The maximum atomic E-state index is 5.36. The minimum atomic E-state index is 0.384. The van der Waals surface area contributed by atoms with Gasteiger partial charge in [0.2, 0.25) is 0 Å². The molecule has 0 radical (unpaired) electrons. The van der Waals surface area contributed by atoms with Crippen molar-refractivity contribution in [2.24, 2.45) is 4.99 Å². The molecule has 6 heteroatoms. The van der Waals surface area contributed by atoms with Crippen molar-refractivity contribution in [3.63, 3.8) is 0 Å². The number of nitrogens with one attached hydrogen (secondary N) is 2. The first-order valence-electron chi connectivity index (χ1n) is 8.15. The number of aliphatic imine (C=N–C) groups is 1. The Labute approximate surface area is 138 Å². The topological polar surface area (TPSA) is 58.1 Å². The summed E-state index contributed by atoms with van der Waals surface area (Å²) in [6.07, 6.45) is 2.16. The summed E-state index contributed by atoms with van der Waals surface area (Å²) in [5.74, 6) is 2.51. The number of ether oxygens (including phenoxy) is 2. The molecule has 2 N–H and O–H groups in total. The SMILES string of the molecule is CCCNC(=NC)NC1CCN(c2cc(OC)cc(OC)c2)C1. The first-order chi connectivity index (χ1) is 11.2. The summed E-state index contributed by atoms with van der Waals surface area (Å²) in [4.78, 5) is 6.62. The lowest BCUT2D eigenvalue weighted by atomic mass is 10.2. The number of guanidine groups is 1. The normalized spacial score (nSPS) is 18.0. The van der Waals surface area contributed by atoms with Crippen molar-refractivity contribution in [1.82, 2.24) is 10.6 Å². The van der Waals surface area contributed by atoms with Crippen LogP contribution in [-0.2, 0) is 0 Å². The van der Waals surface area contributed by atoms with Gasteiger partial charge in [0.05, 0.1) is 14.2 Å². The van der Waals surface area contributed by atoms with Gasteiger partial charge in [-0.3, -0.25) is 4.99 Å². The molecule has 0 aliphatic carbocycles. The summed E-state index contributed by atoms with van der Waals surface area (Å²) in [5, 5.41) is 6.81. The molecule has 1 saturated heterocycles. The third kappa shape index (κ3) is 4.68. The third-order valence-corrected chi connectivity index (χ3v) is 4.00. The van der Waals surface area contributed by atoms with Crippen molar-refractivity contribution in [2.75, 3.05) is 45.8 Å². The Hall–Kier alpha value is -2.11. The lowest BCUT2D eigenvalue weighted by molar-refractivity contribution is 0.394. The van der Waals surface area contributed by atoms with Gasteiger partial charge >= 0.3 is 0 Å². The van der Waals surface area contributed by atoms with E-state index in [9.17, 15) is 0 Å². The number of methoxy groups -OCH3 is 2. The Kier molecular flexibility index (Phi) is 6.38. The molecular formula is C17H28N4O2. The van der Waals surface area contributed by atoms with E-state index >= 15 is 0 Å². The molecule has 0 spiro atoms. The van der Waals surface area contributed by atoms with E-state index in [-0.39, 0.29) is 0 Å². The molecule has 1 aromatic carbocycles. The highest BCUT2D eigenvalue weighted by molar-refractivity contribution is 5.80. The number of nitrogens with zero attached hydrogens (tertiary/aromatic N) is 2. The molecule has 1 fully saturated rings. The number of anilines is 1. The maximum Gasteiger partial charge on any atom is 0.191 e. The minimum Gasteiger partial charge on any atom is -0.497 e. The van der Waals surface area contributed by atoms with Gasteiger partial charge in [-0.25, -0.2) is 0 Å². The Morgan fingerprint density at radius 3 is 2.52 bits per heavy atom. The minimum absolute atomic E-state index is 0.384. The predicted octanol–water partition coefficient (Wildman–Crippen LogP) is 1.86. The van der Waals surface area contributed by atoms with E-state index in [0.29, 0.717) is 6.04 Å². The third-order valence-electron chi connectivity index (χ3n) is 4.00. The highest BCUT2D eigenvalue weighted by Gasteiger charge is 2.24. The van der Waals surface area contributed by atoms with E-state index in [1.54, 1.807) is 14.2 Å². The number of rotatable bonds is 6. The van der Waals surface area contributed by atoms with Crippen molar-refractivity contribution in [3.05, 3.63) is 18.2 Å². The Bertz CT molecular complexity index is 511. The zero-order valence-corrected chi connectivity index (χ0v) is 14.6. The van der Waals surface area contributed by atoms with Crippen molar-refractivity contribution < 1.29 is 9.47 Å². The van der Waals surface area contributed by atoms with Gasteiger partial charge in [-0.05, 0) is 12.8 Å². The molecule has 1 heterocycles. The zero-order valence-electron chi connectivity index (χ0n) is 14.6. The van der Waals surface area contributed by atoms with E-state index in [0.717, 1.165) is 55.6 Å². The van der Waals surface area contributed by atoms with Gasteiger partial charge in [0.15, 0.2) is 5.96 Å². The first-order valence-corrected chi connectivity index (χ1v) is 8.15. The summed E-state index contributed by atoms with van der Waals surface area (Å²) >= 11 is 0. The summed E-state index contributed by atoms with van der Waals surface area (Å²) in [6, 6.07) is 6.38. The molecule has 0 bridgehead atoms. The van der Waals surface area contributed by atoms with Crippen LogP contribution in [0, 0.1) is 0 Å². The monoisotopic (exact) mass is 320 g/mol. The van der Waals surface area contributed by atoms with E-state index in [1.165, 1.54) is 0 Å². The van der Waals surface area contributed by atoms with Crippen LogP contribution in [0.25, 0.3) is 0 Å². The van der Waals surface area contributed by atoms with Crippen LogP contribution in [-0.4, -0.2) is 52.9 Å². The molecule has 2 rings (SSSR count). The second-order valence-corrected chi connectivity index (χ2v) is 5.65. The summed E-state index contributed by atoms with van der Waals surface area (Å²) < 4.78 is 10.7.